The highest BCUT2D eigenvalue weighted by atomic mass is 127. The number of nitrogens with two attached hydrogens (primary N) is 1. The van der Waals surface area contributed by atoms with Crippen molar-refractivity contribution in [1.29, 1.82) is 0 Å². The molecule has 2 aromatic rings. The molecule has 0 aliphatic rings. The summed E-state index contributed by atoms with van der Waals surface area (Å²) in [6.07, 6.45) is 1.47. The van der Waals surface area contributed by atoms with Crippen LogP contribution >= 0.6 is 24.0 Å². The van der Waals surface area contributed by atoms with Gasteiger partial charge in [-0.3, -0.25) is 4.99 Å². The first-order valence-corrected chi connectivity index (χ1v) is 9.74. The molecule has 2 aromatic carbocycles. The van der Waals surface area contributed by atoms with Crippen LogP contribution < -0.4 is 15.8 Å². The summed E-state index contributed by atoms with van der Waals surface area (Å²) < 4.78 is 35.3. The van der Waals surface area contributed by atoms with E-state index in [-0.39, 0.29) is 34.7 Å². The van der Waals surface area contributed by atoms with Crippen LogP contribution in [0.1, 0.15) is 11.1 Å². The summed E-state index contributed by atoms with van der Waals surface area (Å²) in [5.74, 6) is 0.435. The number of hydrogen-bond donors (Lipinski definition) is 3. The second-order valence-corrected chi connectivity index (χ2v) is 7.30. The quantitative estimate of drug-likeness (QED) is 0.304. The van der Waals surface area contributed by atoms with Crippen molar-refractivity contribution in [2.24, 2.45) is 10.1 Å². The van der Waals surface area contributed by atoms with E-state index in [9.17, 15) is 12.8 Å². The van der Waals surface area contributed by atoms with Gasteiger partial charge in [-0.25, -0.2) is 17.9 Å². The normalized spacial score (nSPS) is 11.6. The van der Waals surface area contributed by atoms with E-state index in [1.807, 2.05) is 0 Å². The van der Waals surface area contributed by atoms with E-state index >= 15 is 0 Å². The number of guanidine groups is 1. The summed E-state index contributed by atoms with van der Waals surface area (Å²) in [5.41, 5.74) is 2.04. The van der Waals surface area contributed by atoms with Gasteiger partial charge >= 0.3 is 0 Å². The number of nitrogens with one attached hydrogen (secondary N) is 2. The first kappa shape index (κ1) is 23.3. The van der Waals surface area contributed by atoms with Crippen molar-refractivity contribution < 1.29 is 12.8 Å². The fourth-order valence-corrected chi connectivity index (χ4v) is 2.88. The highest BCUT2D eigenvalue weighted by Gasteiger charge is 2.06. The van der Waals surface area contributed by atoms with Crippen LogP contribution in [-0.4, -0.2) is 34.5 Å². The number of rotatable bonds is 7. The fraction of sp³-hybridized carbons (Fsp3) is 0.278. The molecule has 9 heteroatoms. The molecule has 148 valence electrons. The minimum absolute atomic E-state index is 0. The van der Waals surface area contributed by atoms with Gasteiger partial charge < -0.3 is 10.6 Å². The minimum atomic E-state index is -3.66. The van der Waals surface area contributed by atoms with Crippen molar-refractivity contribution in [1.82, 2.24) is 10.6 Å². The Labute approximate surface area is 176 Å². The van der Waals surface area contributed by atoms with Gasteiger partial charge in [0.25, 0.3) is 0 Å². The molecule has 0 radical (unpaired) electrons. The van der Waals surface area contributed by atoms with Gasteiger partial charge in [0.2, 0.25) is 10.0 Å². The van der Waals surface area contributed by atoms with Crippen LogP contribution in [0.5, 0.6) is 0 Å². The predicted molar refractivity (Wildman–Crippen MR) is 116 cm³/mol. The maximum Gasteiger partial charge on any atom is 0.238 e. The third kappa shape index (κ3) is 8.22. The largest absolute Gasteiger partial charge is 0.356 e. The van der Waals surface area contributed by atoms with Gasteiger partial charge in [0, 0.05) is 20.1 Å². The lowest BCUT2D eigenvalue weighted by atomic mass is 10.1. The van der Waals surface area contributed by atoms with Gasteiger partial charge in [0.15, 0.2) is 5.96 Å². The summed E-state index contributed by atoms with van der Waals surface area (Å²) in [4.78, 5) is 4.25. The molecule has 0 saturated heterocycles. The molecule has 0 amide bonds. The van der Waals surface area contributed by atoms with Crippen molar-refractivity contribution in [2.45, 2.75) is 17.7 Å². The van der Waals surface area contributed by atoms with E-state index in [0.29, 0.717) is 25.5 Å². The average molecular weight is 506 g/mol. The number of benzene rings is 2. The molecule has 0 atom stereocenters. The third-order valence-corrected chi connectivity index (χ3v) is 4.73. The van der Waals surface area contributed by atoms with Crippen LogP contribution in [0, 0.1) is 5.82 Å². The van der Waals surface area contributed by atoms with Crippen LogP contribution in [-0.2, 0) is 22.9 Å². The van der Waals surface area contributed by atoms with E-state index in [1.54, 1.807) is 31.3 Å². The Kier molecular flexibility index (Phi) is 9.67. The molecule has 0 heterocycles. The summed E-state index contributed by atoms with van der Waals surface area (Å²) >= 11 is 0. The third-order valence-electron chi connectivity index (χ3n) is 3.80. The van der Waals surface area contributed by atoms with Gasteiger partial charge in [-0.1, -0.05) is 24.3 Å². The van der Waals surface area contributed by atoms with Crippen LogP contribution in [0.15, 0.2) is 58.4 Å². The Hall–Kier alpha value is -1.72. The van der Waals surface area contributed by atoms with Crippen LogP contribution in [0.25, 0.3) is 0 Å². The lowest BCUT2D eigenvalue weighted by molar-refractivity contribution is 0.597. The second kappa shape index (κ2) is 11.2. The molecule has 0 spiro atoms. The SMILES string of the molecule is CN=C(NCCc1ccc(F)cc1)NCCc1ccc(S(N)(=O)=O)cc1.I. The highest BCUT2D eigenvalue weighted by Crippen LogP contribution is 2.08. The first-order chi connectivity index (χ1) is 12.4. The Balaban J connectivity index is 0.00000364. The Bertz CT molecular complexity index is 841. The Morgan fingerprint density at radius 3 is 1.81 bits per heavy atom. The Morgan fingerprint density at radius 2 is 1.41 bits per heavy atom. The molecular formula is C18H24FIN4O2S. The molecule has 0 unspecified atom stereocenters. The number of sulfonamides is 1. The molecule has 0 bridgehead atoms. The standard InChI is InChI=1S/C18H23FN4O2S.HI/c1-21-18(22-12-10-14-2-6-16(19)7-3-14)23-13-11-15-4-8-17(9-5-15)26(20,24)25;/h2-9H,10-13H2,1H3,(H2,20,24,25)(H2,21,22,23);1H. The van der Waals surface area contributed by atoms with E-state index in [0.717, 1.165) is 17.5 Å². The second-order valence-electron chi connectivity index (χ2n) is 5.74. The number of aliphatic imine (C=N–C) groups is 1. The molecular weight excluding hydrogens is 482 g/mol. The molecule has 0 fully saturated rings. The van der Waals surface area contributed by atoms with Gasteiger partial charge in [-0.15, -0.1) is 24.0 Å². The van der Waals surface area contributed by atoms with Gasteiger partial charge in [-0.2, -0.15) is 0 Å². The van der Waals surface area contributed by atoms with Crippen molar-refractivity contribution in [2.75, 3.05) is 20.1 Å². The van der Waals surface area contributed by atoms with Gasteiger partial charge in [-0.05, 0) is 48.2 Å². The lowest BCUT2D eigenvalue weighted by Gasteiger charge is -2.12. The van der Waals surface area contributed by atoms with Gasteiger partial charge in [0.1, 0.15) is 5.82 Å². The van der Waals surface area contributed by atoms with Gasteiger partial charge in [0.05, 0.1) is 4.90 Å². The summed E-state index contributed by atoms with van der Waals surface area (Å²) in [5, 5.41) is 11.5. The summed E-state index contributed by atoms with van der Waals surface area (Å²) in [6.45, 7) is 1.32. The predicted octanol–water partition coefficient (Wildman–Crippen LogP) is 2.04. The van der Waals surface area contributed by atoms with Crippen molar-refractivity contribution >= 4 is 40.0 Å². The molecule has 27 heavy (non-hydrogen) atoms. The topological polar surface area (TPSA) is 96.6 Å². The average Bonchev–Trinajstić information content (AvgIpc) is 2.61. The smallest absolute Gasteiger partial charge is 0.238 e. The number of nitrogens with zero attached hydrogens (tertiary/aromatic N) is 1. The number of hydrogen-bond acceptors (Lipinski definition) is 3. The van der Waals surface area contributed by atoms with E-state index in [2.05, 4.69) is 15.6 Å². The summed E-state index contributed by atoms with van der Waals surface area (Å²) in [7, 11) is -1.97. The highest BCUT2D eigenvalue weighted by molar-refractivity contribution is 14.0. The molecule has 0 saturated carbocycles. The van der Waals surface area contributed by atoms with Crippen LogP contribution in [0.3, 0.4) is 0 Å². The van der Waals surface area contributed by atoms with E-state index in [1.165, 1.54) is 24.3 Å². The van der Waals surface area contributed by atoms with E-state index < -0.39 is 10.0 Å². The number of primary sulfonamides is 1. The zero-order chi connectivity index (χ0) is 19.0. The molecule has 0 aromatic heterocycles. The van der Waals surface area contributed by atoms with Crippen LogP contribution in [0.4, 0.5) is 4.39 Å². The molecule has 2 rings (SSSR count). The lowest BCUT2D eigenvalue weighted by Crippen LogP contribution is -2.39. The van der Waals surface area contributed by atoms with E-state index in [4.69, 9.17) is 5.14 Å². The molecule has 4 N–H and O–H groups in total. The van der Waals surface area contributed by atoms with Crippen molar-refractivity contribution in [3.63, 3.8) is 0 Å². The monoisotopic (exact) mass is 506 g/mol. The minimum Gasteiger partial charge on any atom is -0.356 e. The first-order valence-electron chi connectivity index (χ1n) is 8.19. The molecule has 6 nitrogen and oxygen atoms in total. The maximum atomic E-state index is 12.9. The zero-order valence-electron chi connectivity index (χ0n) is 15.0. The van der Waals surface area contributed by atoms with Crippen molar-refractivity contribution in [3.8, 4) is 0 Å². The number of halogens is 2. The van der Waals surface area contributed by atoms with Crippen molar-refractivity contribution in [3.05, 3.63) is 65.5 Å². The Morgan fingerprint density at radius 1 is 0.963 bits per heavy atom. The van der Waals surface area contributed by atoms with Crippen LogP contribution in [0.2, 0.25) is 0 Å². The zero-order valence-corrected chi connectivity index (χ0v) is 18.1. The summed E-state index contributed by atoms with van der Waals surface area (Å²) in [6, 6.07) is 12.9. The maximum absolute atomic E-state index is 12.9. The fourth-order valence-electron chi connectivity index (χ4n) is 2.37. The molecule has 0 aliphatic heterocycles. The molecule has 0 aliphatic carbocycles.